The van der Waals surface area contributed by atoms with E-state index < -0.39 is 11.9 Å². The maximum absolute atomic E-state index is 13.2. The smallest absolute Gasteiger partial charge is 0.224 e. The van der Waals surface area contributed by atoms with E-state index in [0.29, 0.717) is 24.0 Å². The number of hydrogen-bond acceptors (Lipinski definition) is 2. The Balaban J connectivity index is 1.93. The summed E-state index contributed by atoms with van der Waals surface area (Å²) in [5.74, 6) is -0.512. The summed E-state index contributed by atoms with van der Waals surface area (Å²) in [5, 5.41) is 13.2. The van der Waals surface area contributed by atoms with Crippen LogP contribution in [0.15, 0.2) is 36.4 Å². The van der Waals surface area contributed by atoms with Gasteiger partial charge in [0.1, 0.15) is 11.9 Å². The number of aliphatic hydroxyl groups is 1. The summed E-state index contributed by atoms with van der Waals surface area (Å²) < 4.78 is 13.2. The maximum Gasteiger partial charge on any atom is 0.224 e. The average Bonchev–Trinajstić information content (AvgIpc) is 2.49. The number of hydrogen-bond donors (Lipinski definition) is 2. The molecule has 1 aliphatic rings. The van der Waals surface area contributed by atoms with E-state index in [4.69, 9.17) is 11.6 Å². The molecule has 1 aliphatic heterocycles. The van der Waals surface area contributed by atoms with E-state index >= 15 is 0 Å². The third-order valence-corrected chi connectivity index (χ3v) is 3.89. The van der Waals surface area contributed by atoms with Crippen molar-refractivity contribution in [1.29, 1.82) is 0 Å². The molecule has 2 N–H and O–H groups in total. The Kier molecular flexibility index (Phi) is 3.66. The predicted octanol–water partition coefficient (Wildman–Crippen LogP) is 3.45. The Bertz CT molecular complexity index is 717. The number of rotatable bonds is 2. The Morgan fingerprint density at radius 1 is 1.14 bits per heavy atom. The predicted molar refractivity (Wildman–Crippen MR) is 78.9 cm³/mol. The first kappa shape index (κ1) is 14.0. The lowest BCUT2D eigenvalue weighted by Crippen LogP contribution is -2.19. The number of nitrogens with one attached hydrogen (secondary N) is 1. The maximum atomic E-state index is 13.2. The first-order chi connectivity index (χ1) is 10.0. The molecule has 1 heterocycles. The molecule has 3 rings (SSSR count). The van der Waals surface area contributed by atoms with Crippen LogP contribution in [0, 0.1) is 5.82 Å². The minimum absolute atomic E-state index is 0.00103. The van der Waals surface area contributed by atoms with Gasteiger partial charge in [-0.05, 0) is 41.3 Å². The van der Waals surface area contributed by atoms with Crippen LogP contribution in [0.4, 0.5) is 10.1 Å². The number of aliphatic hydroxyl groups excluding tert-OH is 1. The van der Waals surface area contributed by atoms with E-state index in [-0.39, 0.29) is 10.9 Å². The second kappa shape index (κ2) is 5.47. The van der Waals surface area contributed by atoms with Crippen LogP contribution in [0.3, 0.4) is 0 Å². The number of fused-ring (bicyclic) bond motifs is 1. The highest BCUT2D eigenvalue weighted by Gasteiger charge is 2.18. The summed E-state index contributed by atoms with van der Waals surface area (Å²) in [4.78, 5) is 11.3. The van der Waals surface area contributed by atoms with Gasteiger partial charge >= 0.3 is 0 Å². The Hall–Kier alpha value is -1.91. The fourth-order valence-electron chi connectivity index (χ4n) is 2.45. The van der Waals surface area contributed by atoms with Gasteiger partial charge in [0, 0.05) is 12.1 Å². The van der Waals surface area contributed by atoms with Crippen LogP contribution < -0.4 is 5.32 Å². The zero-order valence-corrected chi connectivity index (χ0v) is 11.8. The molecular weight excluding hydrogens is 293 g/mol. The highest BCUT2D eigenvalue weighted by molar-refractivity contribution is 6.30. The van der Waals surface area contributed by atoms with Gasteiger partial charge in [0.15, 0.2) is 0 Å². The van der Waals surface area contributed by atoms with E-state index in [1.165, 1.54) is 18.2 Å². The number of carbonyl (C=O) groups excluding carboxylic acids is 1. The van der Waals surface area contributed by atoms with Gasteiger partial charge in [0.05, 0.1) is 5.02 Å². The normalized spacial score (nSPS) is 15.3. The highest BCUT2D eigenvalue weighted by Crippen LogP contribution is 2.30. The summed E-state index contributed by atoms with van der Waals surface area (Å²) in [7, 11) is 0. The quantitative estimate of drug-likeness (QED) is 0.893. The van der Waals surface area contributed by atoms with Gasteiger partial charge in [-0.15, -0.1) is 0 Å². The third-order valence-electron chi connectivity index (χ3n) is 3.60. The number of benzene rings is 2. The van der Waals surface area contributed by atoms with E-state index in [0.717, 1.165) is 11.3 Å². The minimum atomic E-state index is -0.883. The number of aryl methyl sites for hydroxylation is 1. The first-order valence-corrected chi connectivity index (χ1v) is 6.98. The van der Waals surface area contributed by atoms with Crippen molar-refractivity contribution in [2.24, 2.45) is 0 Å². The summed E-state index contributed by atoms with van der Waals surface area (Å²) in [6.07, 6.45) is 0.201. The number of amides is 1. The molecule has 0 fully saturated rings. The largest absolute Gasteiger partial charge is 0.384 e. The van der Waals surface area contributed by atoms with Gasteiger partial charge in [0.2, 0.25) is 5.91 Å². The lowest BCUT2D eigenvalue weighted by atomic mass is 9.95. The molecule has 2 aromatic rings. The van der Waals surface area contributed by atoms with Crippen LogP contribution >= 0.6 is 11.6 Å². The zero-order chi connectivity index (χ0) is 15.0. The van der Waals surface area contributed by atoms with Gasteiger partial charge < -0.3 is 10.4 Å². The molecule has 3 nitrogen and oxygen atoms in total. The molecule has 108 valence electrons. The average molecular weight is 306 g/mol. The van der Waals surface area contributed by atoms with E-state index in [9.17, 15) is 14.3 Å². The van der Waals surface area contributed by atoms with Crippen molar-refractivity contribution in [1.82, 2.24) is 0 Å². The summed E-state index contributed by atoms with van der Waals surface area (Å²) >= 11 is 5.74. The zero-order valence-electron chi connectivity index (χ0n) is 11.1. The van der Waals surface area contributed by atoms with Gasteiger partial charge in [-0.25, -0.2) is 4.39 Å². The molecule has 1 atom stereocenters. The van der Waals surface area contributed by atoms with Crippen molar-refractivity contribution in [3.63, 3.8) is 0 Å². The van der Waals surface area contributed by atoms with Gasteiger partial charge in [-0.1, -0.05) is 29.8 Å². The Morgan fingerprint density at radius 2 is 1.86 bits per heavy atom. The topological polar surface area (TPSA) is 49.3 Å². The highest BCUT2D eigenvalue weighted by atomic mass is 35.5. The van der Waals surface area contributed by atoms with Crippen LogP contribution in [0.25, 0.3) is 0 Å². The van der Waals surface area contributed by atoms with Crippen molar-refractivity contribution in [3.8, 4) is 0 Å². The fraction of sp³-hybridized carbons (Fsp3) is 0.188. The van der Waals surface area contributed by atoms with Crippen LogP contribution in [0.2, 0.25) is 5.02 Å². The molecule has 0 spiro atoms. The molecule has 21 heavy (non-hydrogen) atoms. The van der Waals surface area contributed by atoms with Crippen molar-refractivity contribution in [3.05, 3.63) is 63.9 Å². The number of halogens is 2. The second-order valence-corrected chi connectivity index (χ2v) is 5.45. The van der Waals surface area contributed by atoms with Crippen molar-refractivity contribution >= 4 is 23.2 Å². The monoisotopic (exact) mass is 305 g/mol. The second-order valence-electron chi connectivity index (χ2n) is 5.04. The summed E-state index contributed by atoms with van der Waals surface area (Å²) in [6, 6.07) is 9.54. The van der Waals surface area contributed by atoms with E-state index in [1.807, 2.05) is 6.07 Å². The van der Waals surface area contributed by atoms with Gasteiger partial charge in [-0.3, -0.25) is 4.79 Å². The molecule has 0 radical (unpaired) electrons. The lowest BCUT2D eigenvalue weighted by molar-refractivity contribution is -0.116. The Labute approximate surface area is 126 Å². The first-order valence-electron chi connectivity index (χ1n) is 6.60. The third kappa shape index (κ3) is 2.77. The SMILES string of the molecule is O=C1CCc2cc(C(O)c3ccc(F)c(Cl)c3)ccc2N1. The molecule has 1 amide bonds. The van der Waals surface area contributed by atoms with Crippen molar-refractivity contribution < 1.29 is 14.3 Å². The molecule has 2 aromatic carbocycles. The van der Waals surface area contributed by atoms with Crippen LogP contribution in [-0.2, 0) is 11.2 Å². The summed E-state index contributed by atoms with van der Waals surface area (Å²) in [6.45, 7) is 0. The minimum Gasteiger partial charge on any atom is -0.384 e. The molecule has 0 bridgehead atoms. The van der Waals surface area contributed by atoms with Crippen molar-refractivity contribution in [2.75, 3.05) is 5.32 Å². The molecule has 0 saturated carbocycles. The van der Waals surface area contributed by atoms with Gasteiger partial charge in [-0.2, -0.15) is 0 Å². The molecular formula is C16H13ClFNO2. The molecule has 1 unspecified atom stereocenters. The standard InChI is InChI=1S/C16H13ClFNO2/c17-12-8-11(1-4-13(12)18)16(21)10-2-5-14-9(7-10)3-6-15(20)19-14/h1-2,4-5,7-8,16,21H,3,6H2,(H,19,20). The number of anilines is 1. The van der Waals surface area contributed by atoms with Gasteiger partial charge in [0.25, 0.3) is 0 Å². The molecule has 0 aliphatic carbocycles. The Morgan fingerprint density at radius 3 is 2.62 bits per heavy atom. The molecule has 0 saturated heterocycles. The molecule has 5 heteroatoms. The van der Waals surface area contributed by atoms with Crippen LogP contribution in [0.1, 0.15) is 29.2 Å². The van der Waals surface area contributed by atoms with E-state index in [1.54, 1.807) is 12.1 Å². The van der Waals surface area contributed by atoms with Crippen molar-refractivity contribution in [2.45, 2.75) is 18.9 Å². The fourth-order valence-corrected chi connectivity index (χ4v) is 2.64. The number of carbonyl (C=O) groups is 1. The lowest BCUT2D eigenvalue weighted by Gasteiger charge is -2.19. The summed E-state index contributed by atoms with van der Waals surface area (Å²) in [5.41, 5.74) is 2.98. The molecule has 0 aromatic heterocycles. The van der Waals surface area contributed by atoms with E-state index in [2.05, 4.69) is 5.32 Å². The van der Waals surface area contributed by atoms with Crippen LogP contribution in [-0.4, -0.2) is 11.0 Å². The van der Waals surface area contributed by atoms with Crippen LogP contribution in [0.5, 0.6) is 0 Å².